The number of carbonyl (C=O) groups excluding carboxylic acids is 1. The Labute approximate surface area is 128 Å². The Bertz CT molecular complexity index is 795. The summed E-state index contributed by atoms with van der Waals surface area (Å²) in [6.07, 6.45) is 0.454. The maximum atomic E-state index is 12.3. The summed E-state index contributed by atoms with van der Waals surface area (Å²) in [4.78, 5) is 28.7. The van der Waals surface area contributed by atoms with Crippen molar-refractivity contribution in [3.05, 3.63) is 33.7 Å². The molecule has 1 aliphatic rings. The van der Waals surface area contributed by atoms with Crippen LogP contribution in [0.1, 0.15) is 31.9 Å². The standard InChI is InChI=1S/C16H21N3O3/c1-16(2,3)22-15(21)19-8-7-10-5-6-12-13(11(10)9-19)17-14(20)18(12)4/h5-6H,7-9H2,1-4H3,(H,17,20). The van der Waals surface area contributed by atoms with Crippen molar-refractivity contribution in [3.63, 3.8) is 0 Å². The minimum Gasteiger partial charge on any atom is -0.444 e. The molecule has 0 unspecified atom stereocenters. The molecule has 0 saturated heterocycles. The molecule has 3 rings (SSSR count). The number of H-pyrrole nitrogens is 1. The van der Waals surface area contributed by atoms with Gasteiger partial charge in [0.1, 0.15) is 5.60 Å². The van der Waals surface area contributed by atoms with Crippen LogP contribution in [0.4, 0.5) is 4.79 Å². The summed E-state index contributed by atoms with van der Waals surface area (Å²) >= 11 is 0. The number of nitrogens with one attached hydrogen (secondary N) is 1. The van der Waals surface area contributed by atoms with E-state index >= 15 is 0 Å². The number of amides is 1. The third-order valence-electron chi connectivity index (χ3n) is 3.94. The number of nitrogens with zero attached hydrogens (tertiary/aromatic N) is 2. The number of hydrogen-bond acceptors (Lipinski definition) is 3. The molecule has 118 valence electrons. The van der Waals surface area contributed by atoms with E-state index in [-0.39, 0.29) is 11.8 Å². The van der Waals surface area contributed by atoms with Gasteiger partial charge in [-0.2, -0.15) is 0 Å². The monoisotopic (exact) mass is 303 g/mol. The van der Waals surface area contributed by atoms with Gasteiger partial charge >= 0.3 is 11.8 Å². The van der Waals surface area contributed by atoms with Gasteiger partial charge in [0.15, 0.2) is 0 Å². The summed E-state index contributed by atoms with van der Waals surface area (Å²) in [6, 6.07) is 3.99. The summed E-state index contributed by atoms with van der Waals surface area (Å²) in [5.74, 6) is 0. The highest BCUT2D eigenvalue weighted by molar-refractivity contribution is 5.81. The molecule has 1 amide bonds. The van der Waals surface area contributed by atoms with Gasteiger partial charge in [-0.25, -0.2) is 9.59 Å². The van der Waals surface area contributed by atoms with Crippen molar-refractivity contribution in [2.45, 2.75) is 39.3 Å². The van der Waals surface area contributed by atoms with Crippen molar-refractivity contribution in [3.8, 4) is 0 Å². The van der Waals surface area contributed by atoms with Gasteiger partial charge in [-0.15, -0.1) is 0 Å². The van der Waals surface area contributed by atoms with Crippen LogP contribution in [-0.2, 0) is 24.8 Å². The molecule has 6 heteroatoms. The van der Waals surface area contributed by atoms with Gasteiger partial charge in [0, 0.05) is 19.2 Å². The fourth-order valence-corrected chi connectivity index (χ4v) is 2.82. The zero-order valence-corrected chi connectivity index (χ0v) is 13.4. The molecule has 1 aliphatic heterocycles. The number of ether oxygens (including phenoxy) is 1. The molecule has 1 aromatic carbocycles. The van der Waals surface area contributed by atoms with Crippen LogP contribution in [0.25, 0.3) is 11.0 Å². The first-order chi connectivity index (χ1) is 10.3. The van der Waals surface area contributed by atoms with Crippen LogP contribution >= 0.6 is 0 Å². The van der Waals surface area contributed by atoms with Crippen molar-refractivity contribution in [1.29, 1.82) is 0 Å². The van der Waals surface area contributed by atoms with Crippen LogP contribution in [-0.4, -0.2) is 32.7 Å². The summed E-state index contributed by atoms with van der Waals surface area (Å²) in [5, 5.41) is 0. The lowest BCUT2D eigenvalue weighted by Crippen LogP contribution is -2.40. The van der Waals surface area contributed by atoms with Gasteiger partial charge < -0.3 is 14.6 Å². The van der Waals surface area contributed by atoms with Crippen LogP contribution in [0, 0.1) is 0 Å². The Hall–Kier alpha value is -2.24. The van der Waals surface area contributed by atoms with E-state index in [2.05, 4.69) is 4.98 Å². The molecular formula is C16H21N3O3. The zero-order chi connectivity index (χ0) is 16.1. The van der Waals surface area contributed by atoms with Gasteiger partial charge in [-0.1, -0.05) is 6.07 Å². The summed E-state index contributed by atoms with van der Waals surface area (Å²) < 4.78 is 7.03. The topological polar surface area (TPSA) is 67.3 Å². The maximum Gasteiger partial charge on any atom is 0.410 e. The number of imidazole rings is 1. The molecule has 1 N–H and O–H groups in total. The van der Waals surface area contributed by atoms with E-state index in [1.807, 2.05) is 32.9 Å². The molecular weight excluding hydrogens is 282 g/mol. The summed E-state index contributed by atoms with van der Waals surface area (Å²) in [5.41, 5.74) is 3.21. The van der Waals surface area contributed by atoms with Gasteiger partial charge in [-0.05, 0) is 38.8 Å². The quantitative estimate of drug-likeness (QED) is 0.811. The Balaban J connectivity index is 1.96. The second-order valence-electron chi connectivity index (χ2n) is 6.74. The number of hydrogen-bond donors (Lipinski definition) is 1. The highest BCUT2D eigenvalue weighted by atomic mass is 16.6. The van der Waals surface area contributed by atoms with E-state index in [0.717, 1.165) is 23.0 Å². The molecule has 2 aromatic rings. The molecule has 0 saturated carbocycles. The van der Waals surface area contributed by atoms with Gasteiger partial charge in [0.2, 0.25) is 0 Å². The first-order valence-electron chi connectivity index (χ1n) is 7.43. The average Bonchev–Trinajstić information content (AvgIpc) is 2.72. The van der Waals surface area contributed by atoms with Gasteiger partial charge in [0.25, 0.3) is 0 Å². The smallest absolute Gasteiger partial charge is 0.410 e. The Morgan fingerprint density at radius 2 is 2.05 bits per heavy atom. The predicted octanol–water partition coefficient (Wildman–Crippen LogP) is 2.16. The van der Waals surface area contributed by atoms with Crippen molar-refractivity contribution < 1.29 is 9.53 Å². The lowest BCUT2D eigenvalue weighted by atomic mass is 9.98. The number of carbonyl (C=O) groups is 1. The fraction of sp³-hybridized carbons (Fsp3) is 0.500. The Morgan fingerprint density at radius 1 is 1.32 bits per heavy atom. The van der Waals surface area contributed by atoms with Crippen molar-refractivity contribution in [2.24, 2.45) is 7.05 Å². The minimum absolute atomic E-state index is 0.141. The number of rotatable bonds is 0. The van der Waals surface area contributed by atoms with Crippen LogP contribution in [0.15, 0.2) is 16.9 Å². The fourth-order valence-electron chi connectivity index (χ4n) is 2.82. The number of fused-ring (bicyclic) bond motifs is 3. The Kier molecular flexibility index (Phi) is 3.27. The lowest BCUT2D eigenvalue weighted by Gasteiger charge is -2.31. The van der Waals surface area contributed by atoms with E-state index in [0.29, 0.717) is 13.1 Å². The molecule has 0 fully saturated rings. The second-order valence-corrected chi connectivity index (χ2v) is 6.74. The molecule has 0 aliphatic carbocycles. The van der Waals surface area contributed by atoms with E-state index in [4.69, 9.17) is 4.74 Å². The first-order valence-corrected chi connectivity index (χ1v) is 7.43. The van der Waals surface area contributed by atoms with Crippen molar-refractivity contribution in [1.82, 2.24) is 14.5 Å². The average molecular weight is 303 g/mol. The van der Waals surface area contributed by atoms with E-state index < -0.39 is 5.60 Å². The highest BCUT2D eigenvalue weighted by Gasteiger charge is 2.27. The Morgan fingerprint density at radius 3 is 2.73 bits per heavy atom. The maximum absolute atomic E-state index is 12.3. The summed E-state index contributed by atoms with van der Waals surface area (Å²) in [6.45, 7) is 6.66. The van der Waals surface area contributed by atoms with Crippen molar-refractivity contribution in [2.75, 3.05) is 6.54 Å². The van der Waals surface area contributed by atoms with E-state index in [1.54, 1.807) is 16.5 Å². The van der Waals surface area contributed by atoms with Crippen molar-refractivity contribution >= 4 is 17.1 Å². The van der Waals surface area contributed by atoms with Crippen LogP contribution in [0.3, 0.4) is 0 Å². The van der Waals surface area contributed by atoms with E-state index in [9.17, 15) is 9.59 Å². The molecule has 0 atom stereocenters. The van der Waals surface area contributed by atoms with Gasteiger partial charge in [-0.3, -0.25) is 4.57 Å². The number of benzene rings is 1. The number of aromatic nitrogens is 2. The molecule has 0 bridgehead atoms. The lowest BCUT2D eigenvalue weighted by molar-refractivity contribution is 0.0225. The second kappa shape index (κ2) is 4.90. The van der Waals surface area contributed by atoms with Gasteiger partial charge in [0.05, 0.1) is 17.6 Å². The number of aromatic amines is 1. The van der Waals surface area contributed by atoms with E-state index in [1.165, 1.54) is 5.56 Å². The zero-order valence-electron chi connectivity index (χ0n) is 13.4. The molecule has 6 nitrogen and oxygen atoms in total. The molecule has 2 heterocycles. The predicted molar refractivity (Wildman–Crippen MR) is 83.9 cm³/mol. The minimum atomic E-state index is -0.509. The third kappa shape index (κ3) is 2.49. The highest BCUT2D eigenvalue weighted by Crippen LogP contribution is 2.26. The molecule has 0 radical (unpaired) electrons. The molecule has 22 heavy (non-hydrogen) atoms. The van der Waals surface area contributed by atoms with Crippen LogP contribution < -0.4 is 5.69 Å². The molecule has 1 aromatic heterocycles. The third-order valence-corrected chi connectivity index (χ3v) is 3.94. The SMILES string of the molecule is Cn1c(=O)[nH]c2c3c(ccc21)CCN(C(=O)OC(C)(C)C)C3. The van der Waals surface area contributed by atoms with Crippen LogP contribution in [0.5, 0.6) is 0 Å². The molecule has 0 spiro atoms. The largest absolute Gasteiger partial charge is 0.444 e. The number of aryl methyl sites for hydroxylation is 1. The first kappa shape index (κ1) is 14.7. The normalized spacial score (nSPS) is 15.0. The summed E-state index contributed by atoms with van der Waals surface area (Å²) in [7, 11) is 1.74. The van der Waals surface area contributed by atoms with Crippen LogP contribution in [0.2, 0.25) is 0 Å².